The Balaban J connectivity index is 1.93. The maximum absolute atomic E-state index is 12.3. The van der Waals surface area contributed by atoms with Gasteiger partial charge in [0.1, 0.15) is 16.8 Å². The van der Waals surface area contributed by atoms with Gasteiger partial charge in [-0.1, -0.05) is 18.2 Å². The Labute approximate surface area is 126 Å². The lowest BCUT2D eigenvalue weighted by molar-refractivity contribution is 0.102. The average molecular weight is 295 g/mol. The van der Waals surface area contributed by atoms with Crippen LogP contribution >= 0.6 is 11.3 Å². The van der Waals surface area contributed by atoms with Gasteiger partial charge in [0.05, 0.1) is 5.56 Å². The molecule has 2 heterocycles. The van der Waals surface area contributed by atoms with Crippen molar-refractivity contribution in [2.75, 3.05) is 5.32 Å². The number of carbonyl (C=O) groups excluding carboxylic acids is 1. The number of benzene rings is 1. The maximum atomic E-state index is 12.3. The van der Waals surface area contributed by atoms with Gasteiger partial charge in [0.2, 0.25) is 0 Å². The maximum Gasteiger partial charge on any atom is 0.272 e. The largest absolute Gasteiger partial charge is 0.351 e. The summed E-state index contributed by atoms with van der Waals surface area (Å²) in [6, 6.07) is 11.7. The van der Waals surface area contributed by atoms with Crippen molar-refractivity contribution in [3.05, 3.63) is 52.0 Å². The van der Waals surface area contributed by atoms with Gasteiger partial charge in [-0.15, -0.1) is 11.3 Å². The molecule has 0 atom stereocenters. The third-order valence-electron chi connectivity index (χ3n) is 3.50. The third kappa shape index (κ3) is 2.30. The topological polar surface area (TPSA) is 68.7 Å². The van der Waals surface area contributed by atoms with Crippen LogP contribution in [-0.4, -0.2) is 10.9 Å². The number of aryl methyl sites for hydroxylation is 1. The van der Waals surface area contributed by atoms with E-state index in [4.69, 9.17) is 0 Å². The molecular formula is C16H13N3OS. The van der Waals surface area contributed by atoms with Gasteiger partial charge < -0.3 is 10.3 Å². The third-order valence-corrected chi connectivity index (χ3v) is 4.62. The minimum atomic E-state index is -0.232. The Morgan fingerprint density at radius 1 is 1.33 bits per heavy atom. The van der Waals surface area contributed by atoms with Gasteiger partial charge in [0, 0.05) is 15.8 Å². The molecule has 0 bridgehead atoms. The van der Waals surface area contributed by atoms with Crippen LogP contribution in [0.1, 0.15) is 26.5 Å². The van der Waals surface area contributed by atoms with Crippen LogP contribution in [-0.2, 0) is 0 Å². The number of H-pyrrole nitrogens is 1. The molecule has 0 aliphatic carbocycles. The Hall–Kier alpha value is -2.58. The summed E-state index contributed by atoms with van der Waals surface area (Å²) < 4.78 is 0. The number of hydrogen-bond donors (Lipinski definition) is 2. The molecule has 3 rings (SSSR count). The SMILES string of the molecule is Cc1sc(NC(=O)c2cc3ccccc3[nH]2)c(C#N)c1C. The van der Waals surface area contributed by atoms with Gasteiger partial charge in [0.15, 0.2) is 0 Å². The smallest absolute Gasteiger partial charge is 0.272 e. The summed E-state index contributed by atoms with van der Waals surface area (Å²) in [5.41, 5.74) is 2.88. The molecule has 1 aromatic carbocycles. The van der Waals surface area contributed by atoms with Crippen molar-refractivity contribution in [3.63, 3.8) is 0 Å². The second-order valence-electron chi connectivity index (χ2n) is 4.82. The number of aromatic amines is 1. The van der Waals surface area contributed by atoms with Gasteiger partial charge in [-0.25, -0.2) is 0 Å². The highest BCUT2D eigenvalue weighted by Crippen LogP contribution is 2.32. The minimum Gasteiger partial charge on any atom is -0.351 e. The molecule has 0 saturated carbocycles. The van der Waals surface area contributed by atoms with Crippen molar-refractivity contribution in [1.29, 1.82) is 5.26 Å². The molecule has 0 radical (unpaired) electrons. The fourth-order valence-corrected chi connectivity index (χ4v) is 3.22. The predicted molar refractivity (Wildman–Crippen MR) is 84.8 cm³/mol. The van der Waals surface area contributed by atoms with E-state index in [-0.39, 0.29) is 5.91 Å². The standard InChI is InChI=1S/C16H13N3OS/c1-9-10(2)21-16(12(9)8-17)19-15(20)14-7-11-5-3-4-6-13(11)18-14/h3-7,18H,1-2H3,(H,19,20). The number of thiophene rings is 1. The van der Waals surface area contributed by atoms with Crippen molar-refractivity contribution >= 4 is 33.1 Å². The molecule has 0 fully saturated rings. The minimum absolute atomic E-state index is 0.232. The van der Waals surface area contributed by atoms with Crippen LogP contribution in [0.2, 0.25) is 0 Å². The zero-order chi connectivity index (χ0) is 15.0. The molecule has 104 valence electrons. The lowest BCUT2D eigenvalue weighted by Crippen LogP contribution is -2.12. The van der Waals surface area contributed by atoms with Crippen molar-refractivity contribution in [2.45, 2.75) is 13.8 Å². The average Bonchev–Trinajstić information content (AvgIpc) is 3.01. The molecule has 0 saturated heterocycles. The molecule has 0 spiro atoms. The highest BCUT2D eigenvalue weighted by molar-refractivity contribution is 7.16. The lowest BCUT2D eigenvalue weighted by Gasteiger charge is -2.01. The van der Waals surface area contributed by atoms with Gasteiger partial charge in [-0.2, -0.15) is 5.26 Å². The first-order chi connectivity index (χ1) is 10.1. The van der Waals surface area contributed by atoms with E-state index in [9.17, 15) is 10.1 Å². The fraction of sp³-hybridized carbons (Fsp3) is 0.125. The number of nitrogens with one attached hydrogen (secondary N) is 2. The number of aromatic nitrogens is 1. The summed E-state index contributed by atoms with van der Waals surface area (Å²) in [5.74, 6) is -0.232. The number of fused-ring (bicyclic) bond motifs is 1. The van der Waals surface area contributed by atoms with Crippen LogP contribution in [0.3, 0.4) is 0 Å². The van der Waals surface area contributed by atoms with Gasteiger partial charge in [-0.05, 0) is 31.5 Å². The molecule has 0 aliphatic rings. The van der Waals surface area contributed by atoms with Gasteiger partial charge in [-0.3, -0.25) is 4.79 Å². The highest BCUT2D eigenvalue weighted by Gasteiger charge is 2.16. The number of carbonyl (C=O) groups is 1. The van der Waals surface area contributed by atoms with E-state index >= 15 is 0 Å². The number of para-hydroxylation sites is 1. The summed E-state index contributed by atoms with van der Waals surface area (Å²) in [4.78, 5) is 16.5. The first kappa shape index (κ1) is 13.4. The number of hydrogen-bond acceptors (Lipinski definition) is 3. The molecule has 4 nitrogen and oxygen atoms in total. The Morgan fingerprint density at radius 3 is 2.81 bits per heavy atom. The van der Waals surface area contributed by atoms with Crippen LogP contribution in [0, 0.1) is 25.2 Å². The van der Waals surface area contributed by atoms with E-state index < -0.39 is 0 Å². The Morgan fingerprint density at radius 2 is 2.10 bits per heavy atom. The second kappa shape index (κ2) is 5.08. The molecule has 21 heavy (non-hydrogen) atoms. The van der Waals surface area contributed by atoms with Crippen molar-refractivity contribution in [2.24, 2.45) is 0 Å². The molecule has 3 aromatic rings. The number of rotatable bonds is 2. The Bertz CT molecular complexity index is 850. The van der Waals surface area contributed by atoms with E-state index in [0.717, 1.165) is 21.3 Å². The summed E-state index contributed by atoms with van der Waals surface area (Å²) in [7, 11) is 0. The predicted octanol–water partition coefficient (Wildman–Crippen LogP) is 3.97. The molecular weight excluding hydrogens is 282 g/mol. The van der Waals surface area contributed by atoms with Crippen molar-refractivity contribution in [3.8, 4) is 6.07 Å². The van der Waals surface area contributed by atoms with Crippen LogP contribution in [0.25, 0.3) is 10.9 Å². The molecule has 0 unspecified atom stereocenters. The highest BCUT2D eigenvalue weighted by atomic mass is 32.1. The Kier molecular flexibility index (Phi) is 3.24. The summed E-state index contributed by atoms with van der Waals surface area (Å²) in [6.45, 7) is 3.84. The van der Waals surface area contributed by atoms with Crippen molar-refractivity contribution < 1.29 is 4.79 Å². The second-order valence-corrected chi connectivity index (χ2v) is 6.05. The number of nitrogens with zero attached hydrogens (tertiary/aromatic N) is 1. The zero-order valence-electron chi connectivity index (χ0n) is 11.7. The van der Waals surface area contributed by atoms with Crippen LogP contribution in [0.5, 0.6) is 0 Å². The molecule has 1 amide bonds. The van der Waals surface area contributed by atoms with E-state index in [1.165, 1.54) is 11.3 Å². The summed E-state index contributed by atoms with van der Waals surface area (Å²) in [6.07, 6.45) is 0. The van der Waals surface area contributed by atoms with E-state index in [0.29, 0.717) is 16.3 Å². The van der Waals surface area contributed by atoms with Crippen LogP contribution in [0.4, 0.5) is 5.00 Å². The normalized spacial score (nSPS) is 10.5. The number of anilines is 1. The summed E-state index contributed by atoms with van der Waals surface area (Å²) >= 11 is 1.43. The first-order valence-electron chi connectivity index (χ1n) is 6.49. The quantitative estimate of drug-likeness (QED) is 0.751. The molecule has 5 heteroatoms. The fourth-order valence-electron chi connectivity index (χ4n) is 2.22. The molecule has 2 N–H and O–H groups in total. The molecule has 0 aliphatic heterocycles. The monoisotopic (exact) mass is 295 g/mol. The number of amides is 1. The van der Waals surface area contributed by atoms with E-state index in [1.807, 2.05) is 44.2 Å². The zero-order valence-corrected chi connectivity index (χ0v) is 12.5. The van der Waals surface area contributed by atoms with E-state index in [2.05, 4.69) is 16.4 Å². The first-order valence-corrected chi connectivity index (χ1v) is 7.31. The van der Waals surface area contributed by atoms with Crippen molar-refractivity contribution in [1.82, 2.24) is 4.98 Å². The van der Waals surface area contributed by atoms with Gasteiger partial charge in [0.25, 0.3) is 5.91 Å². The van der Waals surface area contributed by atoms with Crippen LogP contribution < -0.4 is 5.32 Å². The van der Waals surface area contributed by atoms with Crippen LogP contribution in [0.15, 0.2) is 30.3 Å². The lowest BCUT2D eigenvalue weighted by atomic mass is 10.2. The number of nitriles is 1. The van der Waals surface area contributed by atoms with E-state index in [1.54, 1.807) is 0 Å². The van der Waals surface area contributed by atoms with Gasteiger partial charge >= 0.3 is 0 Å². The molecule has 2 aromatic heterocycles. The summed E-state index contributed by atoms with van der Waals surface area (Å²) in [5, 5.41) is 13.6.